The summed E-state index contributed by atoms with van der Waals surface area (Å²) in [6.07, 6.45) is 0.893. The molecule has 0 bridgehead atoms. The second-order valence-corrected chi connectivity index (χ2v) is 3.83. The maximum Gasteiger partial charge on any atom is 0.284 e. The fourth-order valence-electron chi connectivity index (χ4n) is 1.42. The number of primary amides is 1. The zero-order valence-corrected chi connectivity index (χ0v) is 11.2. The summed E-state index contributed by atoms with van der Waals surface area (Å²) in [5.74, 6) is 0.856. The van der Waals surface area contributed by atoms with E-state index in [1.807, 2.05) is 0 Å². The van der Waals surface area contributed by atoms with Crippen molar-refractivity contribution in [2.75, 3.05) is 27.3 Å². The number of nitrogens with two attached hydrogens (primary N) is 1. The number of furan rings is 1. The van der Waals surface area contributed by atoms with E-state index in [1.165, 1.54) is 0 Å². The molecule has 7 nitrogen and oxygen atoms in total. The molecule has 4 N–H and O–H groups in total. The molecule has 0 aliphatic carbocycles. The molecule has 0 saturated carbocycles. The Morgan fingerprint density at radius 1 is 1.47 bits per heavy atom. The third-order valence-electron chi connectivity index (χ3n) is 2.38. The van der Waals surface area contributed by atoms with E-state index in [2.05, 4.69) is 15.6 Å². The highest BCUT2D eigenvalue weighted by atomic mass is 16.5. The quantitative estimate of drug-likeness (QED) is 0.369. The van der Waals surface area contributed by atoms with Crippen LogP contribution in [-0.2, 0) is 11.3 Å². The van der Waals surface area contributed by atoms with E-state index < -0.39 is 5.91 Å². The summed E-state index contributed by atoms with van der Waals surface area (Å²) in [6.45, 7) is 1.89. The summed E-state index contributed by atoms with van der Waals surface area (Å²) in [7, 11) is 3.35. The Morgan fingerprint density at radius 3 is 2.84 bits per heavy atom. The van der Waals surface area contributed by atoms with Crippen LogP contribution in [0.2, 0.25) is 0 Å². The molecule has 0 fully saturated rings. The summed E-state index contributed by atoms with van der Waals surface area (Å²) >= 11 is 0. The van der Waals surface area contributed by atoms with Gasteiger partial charge in [0.2, 0.25) is 0 Å². The van der Waals surface area contributed by atoms with E-state index in [4.69, 9.17) is 14.9 Å². The van der Waals surface area contributed by atoms with Crippen LogP contribution in [0.15, 0.2) is 21.5 Å². The van der Waals surface area contributed by atoms with Crippen LogP contribution < -0.4 is 16.4 Å². The van der Waals surface area contributed by atoms with Gasteiger partial charge in [0.1, 0.15) is 5.76 Å². The van der Waals surface area contributed by atoms with Gasteiger partial charge in [0, 0.05) is 27.3 Å². The highest BCUT2D eigenvalue weighted by Gasteiger charge is 2.07. The Bertz CT molecular complexity index is 428. The monoisotopic (exact) mass is 268 g/mol. The zero-order chi connectivity index (χ0) is 14.1. The molecule has 7 heteroatoms. The summed E-state index contributed by atoms with van der Waals surface area (Å²) in [5, 5.41) is 6.20. The van der Waals surface area contributed by atoms with Crippen LogP contribution in [0, 0.1) is 0 Å². The lowest BCUT2D eigenvalue weighted by Crippen LogP contribution is -2.37. The molecule has 1 amide bonds. The van der Waals surface area contributed by atoms with Crippen LogP contribution in [0.3, 0.4) is 0 Å². The minimum absolute atomic E-state index is 0.153. The predicted octanol–water partition coefficient (Wildman–Crippen LogP) is 0.0800. The van der Waals surface area contributed by atoms with Crippen molar-refractivity contribution >= 4 is 11.9 Å². The normalized spacial score (nSPS) is 11.4. The van der Waals surface area contributed by atoms with Crippen LogP contribution in [0.5, 0.6) is 0 Å². The minimum atomic E-state index is -0.576. The van der Waals surface area contributed by atoms with Gasteiger partial charge in [0.25, 0.3) is 5.91 Å². The van der Waals surface area contributed by atoms with Gasteiger partial charge in [0.15, 0.2) is 11.7 Å². The van der Waals surface area contributed by atoms with Crippen molar-refractivity contribution in [3.05, 3.63) is 23.7 Å². The standard InChI is InChI=1S/C12H20N4O3/c1-14-12(15-6-3-7-18-2)16-8-9-4-5-10(19-9)11(13)17/h4-5H,3,6-8H2,1-2H3,(H2,13,17)(H2,14,15,16). The molecule has 0 radical (unpaired) electrons. The van der Waals surface area contributed by atoms with Crippen molar-refractivity contribution in [2.45, 2.75) is 13.0 Å². The second-order valence-electron chi connectivity index (χ2n) is 3.83. The van der Waals surface area contributed by atoms with E-state index in [1.54, 1.807) is 26.3 Å². The number of ether oxygens (including phenoxy) is 1. The molecule has 0 aromatic carbocycles. The van der Waals surface area contributed by atoms with Gasteiger partial charge >= 0.3 is 0 Å². The molecule has 0 spiro atoms. The Hall–Kier alpha value is -2.02. The number of hydrogen-bond acceptors (Lipinski definition) is 4. The van der Waals surface area contributed by atoms with Crippen LogP contribution in [-0.4, -0.2) is 39.2 Å². The fraction of sp³-hybridized carbons (Fsp3) is 0.500. The molecule has 0 saturated heterocycles. The molecule has 1 aromatic rings. The van der Waals surface area contributed by atoms with E-state index in [0.29, 0.717) is 24.9 Å². The van der Waals surface area contributed by atoms with Gasteiger partial charge in [-0.05, 0) is 18.6 Å². The van der Waals surface area contributed by atoms with E-state index in [-0.39, 0.29) is 5.76 Å². The van der Waals surface area contributed by atoms with Gasteiger partial charge in [-0.15, -0.1) is 0 Å². The average molecular weight is 268 g/mol. The number of aliphatic imine (C=N–C) groups is 1. The van der Waals surface area contributed by atoms with Crippen molar-refractivity contribution in [3.8, 4) is 0 Å². The predicted molar refractivity (Wildman–Crippen MR) is 71.9 cm³/mol. The number of carbonyl (C=O) groups excluding carboxylic acids is 1. The van der Waals surface area contributed by atoms with Crippen LogP contribution in [0.25, 0.3) is 0 Å². The summed E-state index contributed by atoms with van der Waals surface area (Å²) in [5.41, 5.74) is 5.10. The van der Waals surface area contributed by atoms with E-state index >= 15 is 0 Å². The maximum atomic E-state index is 10.9. The second kappa shape index (κ2) is 8.15. The number of hydrogen-bond donors (Lipinski definition) is 3. The fourth-order valence-corrected chi connectivity index (χ4v) is 1.42. The average Bonchev–Trinajstić information content (AvgIpc) is 2.87. The van der Waals surface area contributed by atoms with Crippen molar-refractivity contribution in [1.82, 2.24) is 10.6 Å². The SMILES string of the molecule is CN=C(NCCCOC)NCc1ccc(C(N)=O)o1. The number of nitrogens with zero attached hydrogens (tertiary/aromatic N) is 1. The van der Waals surface area contributed by atoms with Gasteiger partial charge in [-0.2, -0.15) is 0 Å². The molecular weight excluding hydrogens is 248 g/mol. The Balaban J connectivity index is 2.34. The summed E-state index contributed by atoms with van der Waals surface area (Å²) in [4.78, 5) is 14.9. The molecule has 1 aromatic heterocycles. The number of carbonyl (C=O) groups is 1. The van der Waals surface area contributed by atoms with Gasteiger partial charge in [0.05, 0.1) is 6.54 Å². The molecular formula is C12H20N4O3. The lowest BCUT2D eigenvalue weighted by Gasteiger charge is -2.10. The van der Waals surface area contributed by atoms with Crippen molar-refractivity contribution < 1.29 is 13.9 Å². The van der Waals surface area contributed by atoms with Gasteiger partial charge in [-0.25, -0.2) is 0 Å². The first-order chi connectivity index (χ1) is 9.17. The molecule has 0 unspecified atom stereocenters. The molecule has 0 aliphatic rings. The minimum Gasteiger partial charge on any atom is -0.454 e. The Kier molecular flexibility index (Phi) is 6.45. The highest BCUT2D eigenvalue weighted by Crippen LogP contribution is 2.06. The summed E-state index contributed by atoms with van der Waals surface area (Å²) < 4.78 is 10.2. The number of rotatable bonds is 7. The first-order valence-corrected chi connectivity index (χ1v) is 5.99. The van der Waals surface area contributed by atoms with Crippen molar-refractivity contribution in [3.63, 3.8) is 0 Å². The molecule has 1 heterocycles. The Labute approximate surface area is 112 Å². The van der Waals surface area contributed by atoms with Crippen LogP contribution in [0.1, 0.15) is 22.7 Å². The molecule has 106 valence electrons. The lowest BCUT2D eigenvalue weighted by atomic mass is 10.4. The molecule has 0 aliphatic heterocycles. The van der Waals surface area contributed by atoms with Gasteiger partial charge < -0.3 is 25.5 Å². The van der Waals surface area contributed by atoms with Crippen molar-refractivity contribution in [2.24, 2.45) is 10.7 Å². The zero-order valence-electron chi connectivity index (χ0n) is 11.2. The number of nitrogens with one attached hydrogen (secondary N) is 2. The van der Waals surface area contributed by atoms with Crippen LogP contribution in [0.4, 0.5) is 0 Å². The van der Waals surface area contributed by atoms with Gasteiger partial charge in [-0.3, -0.25) is 9.79 Å². The first kappa shape index (κ1) is 15.0. The molecule has 0 atom stereocenters. The number of amides is 1. The third kappa shape index (κ3) is 5.43. The largest absolute Gasteiger partial charge is 0.454 e. The van der Waals surface area contributed by atoms with Gasteiger partial charge in [-0.1, -0.05) is 0 Å². The molecule has 19 heavy (non-hydrogen) atoms. The van der Waals surface area contributed by atoms with E-state index in [9.17, 15) is 4.79 Å². The Morgan fingerprint density at radius 2 is 2.26 bits per heavy atom. The number of guanidine groups is 1. The summed E-state index contributed by atoms with van der Waals surface area (Å²) in [6, 6.07) is 3.25. The van der Waals surface area contributed by atoms with E-state index in [0.717, 1.165) is 13.0 Å². The third-order valence-corrected chi connectivity index (χ3v) is 2.38. The van der Waals surface area contributed by atoms with Crippen LogP contribution >= 0.6 is 0 Å². The maximum absolute atomic E-state index is 10.9. The highest BCUT2D eigenvalue weighted by molar-refractivity contribution is 5.89. The first-order valence-electron chi connectivity index (χ1n) is 5.99. The topological polar surface area (TPSA) is 102 Å². The smallest absolute Gasteiger partial charge is 0.284 e. The van der Waals surface area contributed by atoms with Crippen molar-refractivity contribution in [1.29, 1.82) is 0 Å². The molecule has 1 rings (SSSR count). The number of methoxy groups -OCH3 is 1. The lowest BCUT2D eigenvalue weighted by molar-refractivity contribution is 0.0972.